The van der Waals surface area contributed by atoms with Crippen molar-refractivity contribution >= 4 is 5.97 Å². The van der Waals surface area contributed by atoms with Crippen molar-refractivity contribution in [2.24, 2.45) is 5.73 Å². The zero-order chi connectivity index (χ0) is 10.1. The Morgan fingerprint density at radius 2 is 2.15 bits per heavy atom. The van der Waals surface area contributed by atoms with E-state index in [1.165, 1.54) is 0 Å². The summed E-state index contributed by atoms with van der Waals surface area (Å²) in [5.74, 6) is -0.328. The van der Waals surface area contributed by atoms with Crippen molar-refractivity contribution in [2.45, 2.75) is 32.2 Å². The minimum Gasteiger partial charge on any atom is -0.462 e. The van der Waals surface area contributed by atoms with Crippen molar-refractivity contribution in [3.05, 3.63) is 0 Å². The Morgan fingerprint density at radius 1 is 1.46 bits per heavy atom. The second-order valence-corrected chi connectivity index (χ2v) is 2.91. The number of carbonyl (C=O) groups is 1. The summed E-state index contributed by atoms with van der Waals surface area (Å²) in [5.41, 5.74) is 5.57. The number of carbonyl (C=O) groups excluding carboxylic acids is 1. The summed E-state index contributed by atoms with van der Waals surface area (Å²) in [5, 5.41) is 0. The Kier molecular flexibility index (Phi) is 7.63. The molecule has 4 heteroatoms. The molecule has 0 fully saturated rings. The van der Waals surface area contributed by atoms with Gasteiger partial charge in [-0.2, -0.15) is 0 Å². The molecule has 0 heterocycles. The molecule has 0 spiro atoms. The van der Waals surface area contributed by atoms with Gasteiger partial charge in [-0.3, -0.25) is 4.79 Å². The predicted molar refractivity (Wildman–Crippen MR) is 50.3 cm³/mol. The molecule has 0 bridgehead atoms. The lowest BCUT2D eigenvalue weighted by atomic mass is 10.1. The predicted octanol–water partition coefficient (Wildman–Crippen LogP) is 0.693. The number of nitrogens with two attached hydrogens (primary N) is 1. The van der Waals surface area contributed by atoms with E-state index in [2.05, 4.69) is 6.92 Å². The van der Waals surface area contributed by atoms with Crippen LogP contribution in [0, 0.1) is 0 Å². The number of unbranched alkanes of at least 4 members (excludes halogenated alkanes) is 1. The van der Waals surface area contributed by atoms with E-state index in [0.29, 0.717) is 13.0 Å². The highest BCUT2D eigenvalue weighted by atomic mass is 16.6. The summed E-state index contributed by atoms with van der Waals surface area (Å²) >= 11 is 0. The summed E-state index contributed by atoms with van der Waals surface area (Å²) in [7, 11) is 1.56. The SMILES string of the molecule is CCCC[C@H](N)C(=O)OCCOC. The molecule has 0 aromatic carbocycles. The van der Waals surface area contributed by atoms with E-state index in [9.17, 15) is 4.79 Å². The zero-order valence-corrected chi connectivity index (χ0v) is 8.41. The van der Waals surface area contributed by atoms with Crippen molar-refractivity contribution in [1.29, 1.82) is 0 Å². The van der Waals surface area contributed by atoms with Crippen LogP contribution in [0.4, 0.5) is 0 Å². The van der Waals surface area contributed by atoms with Gasteiger partial charge in [-0.05, 0) is 6.42 Å². The maximum absolute atomic E-state index is 11.1. The first-order valence-corrected chi connectivity index (χ1v) is 4.63. The smallest absolute Gasteiger partial charge is 0.322 e. The first-order chi connectivity index (χ1) is 6.22. The summed E-state index contributed by atoms with van der Waals surface area (Å²) in [4.78, 5) is 11.1. The van der Waals surface area contributed by atoms with Crippen LogP contribution in [-0.4, -0.2) is 32.3 Å². The highest BCUT2D eigenvalue weighted by Crippen LogP contribution is 1.99. The van der Waals surface area contributed by atoms with Crippen molar-refractivity contribution < 1.29 is 14.3 Å². The number of hydrogen-bond acceptors (Lipinski definition) is 4. The highest BCUT2D eigenvalue weighted by Gasteiger charge is 2.13. The molecule has 0 saturated heterocycles. The molecule has 0 unspecified atom stereocenters. The summed E-state index contributed by atoms with van der Waals surface area (Å²) in [6, 6.07) is -0.475. The molecule has 0 amide bonds. The molecule has 13 heavy (non-hydrogen) atoms. The van der Waals surface area contributed by atoms with Crippen LogP contribution in [0.5, 0.6) is 0 Å². The molecular formula is C9H19NO3. The Bertz CT molecular complexity index is 139. The molecular weight excluding hydrogens is 170 g/mol. The van der Waals surface area contributed by atoms with Crippen molar-refractivity contribution in [3.63, 3.8) is 0 Å². The molecule has 0 saturated carbocycles. The van der Waals surface area contributed by atoms with Gasteiger partial charge in [-0.1, -0.05) is 19.8 Å². The van der Waals surface area contributed by atoms with Gasteiger partial charge in [0.15, 0.2) is 0 Å². The lowest BCUT2D eigenvalue weighted by Crippen LogP contribution is -2.32. The fourth-order valence-electron chi connectivity index (χ4n) is 0.875. The maximum atomic E-state index is 11.1. The number of hydrogen-bond donors (Lipinski definition) is 1. The van der Waals surface area contributed by atoms with E-state index >= 15 is 0 Å². The number of rotatable bonds is 7. The minimum absolute atomic E-state index is 0.287. The Labute approximate surface area is 79.4 Å². The summed E-state index contributed by atoms with van der Waals surface area (Å²) in [6.45, 7) is 2.77. The molecule has 0 aromatic rings. The topological polar surface area (TPSA) is 61.6 Å². The van der Waals surface area contributed by atoms with Gasteiger partial charge in [0.2, 0.25) is 0 Å². The molecule has 0 aromatic heterocycles. The van der Waals surface area contributed by atoms with Gasteiger partial charge in [0.25, 0.3) is 0 Å². The number of ether oxygens (including phenoxy) is 2. The second-order valence-electron chi connectivity index (χ2n) is 2.91. The van der Waals surface area contributed by atoms with E-state index in [-0.39, 0.29) is 12.6 Å². The van der Waals surface area contributed by atoms with Gasteiger partial charge in [0.1, 0.15) is 12.6 Å². The molecule has 0 rings (SSSR count). The lowest BCUT2D eigenvalue weighted by molar-refractivity contribution is -0.146. The Hall–Kier alpha value is -0.610. The number of esters is 1. The fraction of sp³-hybridized carbons (Fsp3) is 0.889. The van der Waals surface area contributed by atoms with Gasteiger partial charge in [-0.25, -0.2) is 0 Å². The fourth-order valence-corrected chi connectivity index (χ4v) is 0.875. The van der Waals surface area contributed by atoms with E-state index in [1.54, 1.807) is 7.11 Å². The van der Waals surface area contributed by atoms with E-state index in [4.69, 9.17) is 15.2 Å². The maximum Gasteiger partial charge on any atom is 0.322 e. The van der Waals surface area contributed by atoms with E-state index in [0.717, 1.165) is 12.8 Å². The molecule has 1 atom stereocenters. The van der Waals surface area contributed by atoms with Crippen molar-refractivity contribution in [2.75, 3.05) is 20.3 Å². The van der Waals surface area contributed by atoms with Crippen LogP contribution < -0.4 is 5.73 Å². The Balaban J connectivity index is 3.45. The van der Waals surface area contributed by atoms with E-state index < -0.39 is 6.04 Å². The first kappa shape index (κ1) is 12.4. The van der Waals surface area contributed by atoms with Crippen LogP contribution in [-0.2, 0) is 14.3 Å². The molecule has 78 valence electrons. The first-order valence-electron chi connectivity index (χ1n) is 4.63. The largest absolute Gasteiger partial charge is 0.462 e. The summed E-state index contributed by atoms with van der Waals surface area (Å²) < 4.78 is 9.59. The quantitative estimate of drug-likeness (QED) is 0.473. The van der Waals surface area contributed by atoms with Crippen molar-refractivity contribution in [3.8, 4) is 0 Å². The highest BCUT2D eigenvalue weighted by molar-refractivity contribution is 5.75. The molecule has 2 N–H and O–H groups in total. The molecule has 0 aliphatic carbocycles. The molecule has 4 nitrogen and oxygen atoms in total. The average molecular weight is 189 g/mol. The second kappa shape index (κ2) is 8.01. The average Bonchev–Trinajstić information content (AvgIpc) is 2.14. The van der Waals surface area contributed by atoms with Crippen LogP contribution >= 0.6 is 0 Å². The standard InChI is InChI=1S/C9H19NO3/c1-3-4-5-8(10)9(11)13-7-6-12-2/h8H,3-7,10H2,1-2H3/t8-/m0/s1. The third kappa shape index (κ3) is 6.54. The van der Waals surface area contributed by atoms with Crippen LogP contribution in [0.1, 0.15) is 26.2 Å². The van der Waals surface area contributed by atoms with Crippen LogP contribution in [0.25, 0.3) is 0 Å². The van der Waals surface area contributed by atoms with Crippen molar-refractivity contribution in [1.82, 2.24) is 0 Å². The lowest BCUT2D eigenvalue weighted by Gasteiger charge is -2.10. The zero-order valence-electron chi connectivity index (χ0n) is 8.41. The monoisotopic (exact) mass is 189 g/mol. The normalized spacial score (nSPS) is 12.5. The molecule has 0 aliphatic heterocycles. The number of methoxy groups -OCH3 is 1. The van der Waals surface area contributed by atoms with Gasteiger partial charge in [-0.15, -0.1) is 0 Å². The van der Waals surface area contributed by atoms with Gasteiger partial charge in [0.05, 0.1) is 6.61 Å². The van der Waals surface area contributed by atoms with Crippen LogP contribution in [0.2, 0.25) is 0 Å². The summed E-state index contributed by atoms with van der Waals surface area (Å²) in [6.07, 6.45) is 2.70. The Morgan fingerprint density at radius 3 is 2.69 bits per heavy atom. The minimum atomic E-state index is -0.475. The van der Waals surface area contributed by atoms with Gasteiger partial charge >= 0.3 is 5.97 Å². The van der Waals surface area contributed by atoms with Crippen LogP contribution in [0.3, 0.4) is 0 Å². The third-order valence-electron chi connectivity index (χ3n) is 1.70. The molecule has 0 radical (unpaired) electrons. The van der Waals surface area contributed by atoms with Crippen LogP contribution in [0.15, 0.2) is 0 Å². The van der Waals surface area contributed by atoms with Gasteiger partial charge < -0.3 is 15.2 Å². The molecule has 0 aliphatic rings. The van der Waals surface area contributed by atoms with E-state index in [1.807, 2.05) is 0 Å². The van der Waals surface area contributed by atoms with Gasteiger partial charge in [0, 0.05) is 7.11 Å². The third-order valence-corrected chi connectivity index (χ3v) is 1.70.